The van der Waals surface area contributed by atoms with E-state index in [1.165, 1.54) is 6.42 Å². The zero-order valence-electron chi connectivity index (χ0n) is 8.09. The van der Waals surface area contributed by atoms with Crippen LogP contribution in [-0.4, -0.2) is 50.3 Å². The van der Waals surface area contributed by atoms with Gasteiger partial charge in [-0.3, -0.25) is 0 Å². The van der Waals surface area contributed by atoms with Gasteiger partial charge in [-0.1, -0.05) is 6.42 Å². The summed E-state index contributed by atoms with van der Waals surface area (Å²) in [5.41, 5.74) is 0. The van der Waals surface area contributed by atoms with Crippen LogP contribution in [0.1, 0.15) is 19.3 Å². The van der Waals surface area contributed by atoms with E-state index in [0.717, 1.165) is 25.9 Å². The van der Waals surface area contributed by atoms with Crippen LogP contribution in [0.15, 0.2) is 0 Å². The van der Waals surface area contributed by atoms with Gasteiger partial charge >= 0.3 is 0 Å². The lowest BCUT2D eigenvalue weighted by Crippen LogP contribution is -2.38. The van der Waals surface area contributed by atoms with Gasteiger partial charge in [-0.05, 0) is 25.9 Å². The van der Waals surface area contributed by atoms with Crippen LogP contribution in [0.5, 0.6) is 0 Å². The molecule has 84 valence electrons. The number of likely N-dealkylation sites (tertiary alicyclic amines) is 1. The fraction of sp³-hybridized carbons (Fsp3) is 1.00. The molecule has 2 N–H and O–H groups in total. The van der Waals surface area contributed by atoms with Crippen molar-refractivity contribution in [1.29, 1.82) is 0 Å². The van der Waals surface area contributed by atoms with Gasteiger partial charge in [0.15, 0.2) is 0 Å². The standard InChI is InChI=1S/C8H17NO3S2/c10-8(7-14(11,12)13)6-9-4-2-1-3-5-9/h8,10H,1-7H2,(H,11,12,13). The van der Waals surface area contributed by atoms with Crippen molar-refractivity contribution in [1.82, 2.24) is 4.90 Å². The molecule has 0 spiro atoms. The van der Waals surface area contributed by atoms with E-state index in [-0.39, 0.29) is 5.75 Å². The first-order valence-electron chi connectivity index (χ1n) is 4.83. The third-order valence-corrected chi connectivity index (χ3v) is 3.53. The molecule has 0 amide bonds. The average molecular weight is 239 g/mol. The highest BCUT2D eigenvalue weighted by atomic mass is 32.8. The third-order valence-electron chi connectivity index (χ3n) is 2.32. The first-order chi connectivity index (χ1) is 6.47. The Morgan fingerprint density at radius 1 is 1.36 bits per heavy atom. The second kappa shape index (κ2) is 5.37. The van der Waals surface area contributed by atoms with Crippen LogP contribution in [0.4, 0.5) is 0 Å². The van der Waals surface area contributed by atoms with Gasteiger partial charge in [0, 0.05) is 17.7 Å². The normalized spacial score (nSPS) is 25.6. The molecule has 1 rings (SSSR count). The van der Waals surface area contributed by atoms with Gasteiger partial charge in [0.2, 0.25) is 0 Å². The first-order valence-corrected chi connectivity index (χ1v) is 7.44. The van der Waals surface area contributed by atoms with Crippen molar-refractivity contribution in [3.63, 3.8) is 0 Å². The SMILES string of the molecule is O=S(O)(=S)CC(O)CN1CCCCC1. The summed E-state index contributed by atoms with van der Waals surface area (Å²) in [4.78, 5) is 2.12. The molecule has 1 aliphatic heterocycles. The van der Waals surface area contributed by atoms with Crippen molar-refractivity contribution >= 4 is 20.0 Å². The second-order valence-electron chi connectivity index (χ2n) is 3.76. The number of nitrogens with zero attached hydrogens (tertiary/aromatic N) is 1. The summed E-state index contributed by atoms with van der Waals surface area (Å²) in [5.74, 6) is -0.196. The second-order valence-corrected chi connectivity index (χ2v) is 6.82. The molecule has 0 aliphatic carbocycles. The molecular weight excluding hydrogens is 222 g/mol. The molecule has 0 aromatic carbocycles. The van der Waals surface area contributed by atoms with Crippen LogP contribution >= 0.6 is 0 Å². The highest BCUT2D eigenvalue weighted by molar-refractivity contribution is 8.29. The topological polar surface area (TPSA) is 60.8 Å². The van der Waals surface area contributed by atoms with Crippen LogP contribution in [-0.2, 0) is 20.0 Å². The molecule has 0 aromatic heterocycles. The molecule has 1 saturated heterocycles. The fourth-order valence-corrected chi connectivity index (χ4v) is 2.80. The molecule has 2 unspecified atom stereocenters. The van der Waals surface area contributed by atoms with E-state index in [4.69, 9.17) is 4.55 Å². The van der Waals surface area contributed by atoms with Crippen LogP contribution in [0.3, 0.4) is 0 Å². The van der Waals surface area contributed by atoms with E-state index in [2.05, 4.69) is 16.1 Å². The van der Waals surface area contributed by atoms with Gasteiger partial charge in [0.1, 0.15) is 8.77 Å². The zero-order valence-corrected chi connectivity index (χ0v) is 9.73. The maximum Gasteiger partial charge on any atom is 0.144 e. The molecule has 1 aliphatic rings. The van der Waals surface area contributed by atoms with Gasteiger partial charge in [0.05, 0.1) is 11.9 Å². The lowest BCUT2D eigenvalue weighted by atomic mass is 10.1. The summed E-state index contributed by atoms with van der Waals surface area (Å²) < 4.78 is 19.7. The van der Waals surface area contributed by atoms with Crippen LogP contribution in [0, 0.1) is 0 Å². The quantitative estimate of drug-likeness (QED) is 0.726. The summed E-state index contributed by atoms with van der Waals surface area (Å²) in [6.07, 6.45) is 2.76. The largest absolute Gasteiger partial charge is 0.391 e. The minimum atomic E-state index is -3.22. The smallest absolute Gasteiger partial charge is 0.144 e. The number of rotatable bonds is 4. The van der Waals surface area contributed by atoms with Crippen molar-refractivity contribution < 1.29 is 13.9 Å². The minimum absolute atomic E-state index is 0.196. The third kappa shape index (κ3) is 5.21. The first kappa shape index (κ1) is 12.3. The highest BCUT2D eigenvalue weighted by Crippen LogP contribution is 2.09. The zero-order chi connectivity index (χ0) is 10.6. The van der Waals surface area contributed by atoms with Crippen LogP contribution in [0.25, 0.3) is 0 Å². The molecule has 0 aromatic rings. The molecular formula is C8H17NO3S2. The Balaban J connectivity index is 2.28. The Morgan fingerprint density at radius 2 is 1.93 bits per heavy atom. The molecule has 0 saturated carbocycles. The molecule has 0 radical (unpaired) electrons. The van der Waals surface area contributed by atoms with Crippen LogP contribution in [0.2, 0.25) is 0 Å². The maximum absolute atomic E-state index is 10.8. The van der Waals surface area contributed by atoms with E-state index in [1.54, 1.807) is 0 Å². The van der Waals surface area contributed by atoms with Crippen LogP contribution < -0.4 is 0 Å². The highest BCUT2D eigenvalue weighted by Gasteiger charge is 2.17. The predicted octanol–water partition coefficient (Wildman–Crippen LogP) is 0.0525. The van der Waals surface area contributed by atoms with Crippen molar-refractivity contribution in [3.8, 4) is 0 Å². The summed E-state index contributed by atoms with van der Waals surface area (Å²) in [6, 6.07) is 0. The molecule has 1 heterocycles. The maximum atomic E-state index is 10.8. The molecule has 14 heavy (non-hydrogen) atoms. The van der Waals surface area contributed by atoms with Gasteiger partial charge < -0.3 is 14.6 Å². The van der Waals surface area contributed by atoms with E-state index < -0.39 is 14.9 Å². The minimum Gasteiger partial charge on any atom is -0.391 e. The van der Waals surface area contributed by atoms with Gasteiger partial charge in [-0.15, -0.1) is 0 Å². The molecule has 2 atom stereocenters. The van der Waals surface area contributed by atoms with Gasteiger partial charge in [0.25, 0.3) is 0 Å². The Labute approximate surface area is 89.8 Å². The lowest BCUT2D eigenvalue weighted by Gasteiger charge is -2.28. The number of β-amino-alcohol motifs (C(OH)–C–C–N with tert-alkyl or cyclic N) is 1. The van der Waals surface area contributed by atoms with Gasteiger partial charge in [-0.2, -0.15) is 0 Å². The van der Waals surface area contributed by atoms with Crippen molar-refractivity contribution in [2.75, 3.05) is 25.4 Å². The summed E-state index contributed by atoms with van der Waals surface area (Å²) >= 11 is 4.33. The summed E-state index contributed by atoms with van der Waals surface area (Å²) in [6.45, 7) is 2.41. The molecule has 1 fully saturated rings. The molecule has 6 heteroatoms. The van der Waals surface area contributed by atoms with Crippen molar-refractivity contribution in [2.45, 2.75) is 25.4 Å². The molecule has 4 nitrogen and oxygen atoms in total. The van der Waals surface area contributed by atoms with E-state index in [0.29, 0.717) is 6.54 Å². The number of aliphatic hydroxyl groups excluding tert-OH is 1. The Hall–Kier alpha value is 0.250. The fourth-order valence-electron chi connectivity index (χ4n) is 1.74. The summed E-state index contributed by atoms with van der Waals surface area (Å²) in [7, 11) is -3.22. The Kier molecular flexibility index (Phi) is 4.72. The predicted molar refractivity (Wildman–Crippen MR) is 59.3 cm³/mol. The summed E-state index contributed by atoms with van der Waals surface area (Å²) in [5, 5.41) is 9.49. The number of piperidine rings is 1. The number of aliphatic hydroxyl groups is 1. The van der Waals surface area contributed by atoms with E-state index in [1.807, 2.05) is 0 Å². The van der Waals surface area contributed by atoms with Gasteiger partial charge in [-0.25, -0.2) is 4.21 Å². The monoisotopic (exact) mass is 239 g/mol. The number of hydrogen-bond acceptors (Lipinski definition) is 4. The Morgan fingerprint density at radius 3 is 2.43 bits per heavy atom. The van der Waals surface area contributed by atoms with E-state index >= 15 is 0 Å². The number of hydrogen-bond donors (Lipinski definition) is 2. The average Bonchev–Trinajstić information content (AvgIpc) is 2.02. The van der Waals surface area contributed by atoms with Crippen molar-refractivity contribution in [2.24, 2.45) is 0 Å². The lowest BCUT2D eigenvalue weighted by molar-refractivity contribution is 0.115. The van der Waals surface area contributed by atoms with E-state index in [9.17, 15) is 9.32 Å². The Bertz CT molecular complexity index is 260. The molecule has 0 bridgehead atoms. The van der Waals surface area contributed by atoms with Crippen molar-refractivity contribution in [3.05, 3.63) is 0 Å².